The number of rotatable bonds is 5. The molecule has 0 unspecified atom stereocenters. The Morgan fingerprint density at radius 1 is 1.00 bits per heavy atom. The lowest BCUT2D eigenvalue weighted by molar-refractivity contribution is -0.180. The highest BCUT2D eigenvalue weighted by atomic mass is 16.5. The van der Waals surface area contributed by atoms with Crippen LogP contribution in [-0.2, 0) is 4.74 Å². The van der Waals surface area contributed by atoms with Crippen molar-refractivity contribution in [1.29, 1.82) is 0 Å². The zero-order chi connectivity index (χ0) is 14.7. The molecule has 1 aliphatic rings. The van der Waals surface area contributed by atoms with E-state index in [9.17, 15) is 0 Å². The number of hydrogen-bond acceptors (Lipinski definition) is 3. The average molecular weight is 270 g/mol. The predicted molar refractivity (Wildman–Crippen MR) is 82.6 cm³/mol. The molecule has 19 heavy (non-hydrogen) atoms. The Balaban J connectivity index is 2.26. The van der Waals surface area contributed by atoms with Crippen LogP contribution in [-0.4, -0.2) is 48.8 Å². The van der Waals surface area contributed by atoms with Crippen LogP contribution in [0.1, 0.15) is 54.9 Å². The maximum atomic E-state index is 6.10. The van der Waals surface area contributed by atoms with Crippen molar-refractivity contribution in [1.82, 2.24) is 10.2 Å². The van der Waals surface area contributed by atoms with Crippen LogP contribution in [0.15, 0.2) is 0 Å². The summed E-state index contributed by atoms with van der Waals surface area (Å²) < 4.78 is 6.10. The summed E-state index contributed by atoms with van der Waals surface area (Å²) in [5.41, 5.74) is 0.357. The molecule has 3 nitrogen and oxygen atoms in total. The first-order chi connectivity index (χ1) is 8.49. The summed E-state index contributed by atoms with van der Waals surface area (Å²) >= 11 is 0. The molecule has 0 aromatic heterocycles. The fraction of sp³-hybridized carbons (Fsp3) is 1.00. The van der Waals surface area contributed by atoms with Crippen molar-refractivity contribution < 1.29 is 4.74 Å². The van der Waals surface area contributed by atoms with Crippen LogP contribution in [0.5, 0.6) is 0 Å². The minimum atomic E-state index is -0.0346. The van der Waals surface area contributed by atoms with Gasteiger partial charge in [-0.1, -0.05) is 20.8 Å². The van der Waals surface area contributed by atoms with Crippen LogP contribution in [0.25, 0.3) is 0 Å². The van der Waals surface area contributed by atoms with Crippen LogP contribution in [0, 0.1) is 5.41 Å². The van der Waals surface area contributed by atoms with E-state index in [0.717, 1.165) is 32.7 Å². The second-order valence-corrected chi connectivity index (χ2v) is 8.39. The van der Waals surface area contributed by atoms with Gasteiger partial charge in [-0.15, -0.1) is 0 Å². The summed E-state index contributed by atoms with van der Waals surface area (Å²) in [6.45, 7) is 21.0. The van der Waals surface area contributed by atoms with Crippen molar-refractivity contribution >= 4 is 0 Å². The first kappa shape index (κ1) is 16.9. The molecule has 0 saturated carbocycles. The lowest BCUT2D eigenvalue weighted by atomic mass is 9.92. The van der Waals surface area contributed by atoms with Gasteiger partial charge in [-0.25, -0.2) is 0 Å². The van der Waals surface area contributed by atoms with Crippen LogP contribution in [0.3, 0.4) is 0 Å². The molecule has 1 heterocycles. The van der Waals surface area contributed by atoms with E-state index in [4.69, 9.17) is 4.74 Å². The Bertz CT molecular complexity index is 263. The van der Waals surface area contributed by atoms with Crippen molar-refractivity contribution in [3.8, 4) is 0 Å². The molecular weight excluding hydrogens is 236 g/mol. The standard InChI is InChI=1S/C16H34N2O/c1-14(2,3)8-9-17-10-11-18-12-15(4,5)19-16(6,7)13-18/h17H,8-13H2,1-7H3. The summed E-state index contributed by atoms with van der Waals surface area (Å²) in [6, 6.07) is 0. The SMILES string of the molecule is CC(C)(C)CCNCCN1CC(C)(C)OC(C)(C)C1. The minimum Gasteiger partial charge on any atom is -0.367 e. The van der Waals surface area contributed by atoms with Gasteiger partial charge in [0, 0.05) is 26.2 Å². The third-order valence-electron chi connectivity index (χ3n) is 3.42. The van der Waals surface area contributed by atoms with Crippen molar-refractivity contribution in [2.24, 2.45) is 5.41 Å². The highest BCUT2D eigenvalue weighted by Crippen LogP contribution is 2.27. The van der Waals surface area contributed by atoms with Gasteiger partial charge in [0.25, 0.3) is 0 Å². The van der Waals surface area contributed by atoms with Gasteiger partial charge in [-0.05, 0) is 46.1 Å². The second-order valence-electron chi connectivity index (χ2n) is 8.39. The first-order valence-corrected chi connectivity index (χ1v) is 7.62. The topological polar surface area (TPSA) is 24.5 Å². The molecule has 0 radical (unpaired) electrons. The normalized spacial score (nSPS) is 23.5. The Morgan fingerprint density at radius 2 is 1.53 bits per heavy atom. The van der Waals surface area contributed by atoms with Gasteiger partial charge in [0.05, 0.1) is 11.2 Å². The molecular formula is C16H34N2O. The maximum absolute atomic E-state index is 6.10. The van der Waals surface area contributed by atoms with Gasteiger partial charge in [0.15, 0.2) is 0 Å². The molecule has 1 saturated heterocycles. The third-order valence-corrected chi connectivity index (χ3v) is 3.42. The molecule has 1 rings (SSSR count). The van der Waals surface area contributed by atoms with Crippen LogP contribution >= 0.6 is 0 Å². The van der Waals surface area contributed by atoms with Crippen molar-refractivity contribution in [2.75, 3.05) is 32.7 Å². The zero-order valence-corrected chi connectivity index (χ0v) is 14.1. The highest BCUT2D eigenvalue weighted by Gasteiger charge is 2.37. The number of morpholine rings is 1. The quantitative estimate of drug-likeness (QED) is 0.778. The monoisotopic (exact) mass is 270 g/mol. The number of hydrogen-bond donors (Lipinski definition) is 1. The van der Waals surface area contributed by atoms with Crippen molar-refractivity contribution in [3.05, 3.63) is 0 Å². The Hall–Kier alpha value is -0.120. The van der Waals surface area contributed by atoms with Crippen molar-refractivity contribution in [2.45, 2.75) is 66.1 Å². The number of ether oxygens (including phenoxy) is 1. The smallest absolute Gasteiger partial charge is 0.0760 e. The fourth-order valence-corrected chi connectivity index (χ4v) is 2.93. The second kappa shape index (κ2) is 6.11. The van der Waals surface area contributed by atoms with Crippen LogP contribution < -0.4 is 5.32 Å². The summed E-state index contributed by atoms with van der Waals surface area (Å²) in [7, 11) is 0. The van der Waals surface area contributed by atoms with Crippen LogP contribution in [0.2, 0.25) is 0 Å². The van der Waals surface area contributed by atoms with Gasteiger partial charge in [0.2, 0.25) is 0 Å². The summed E-state index contributed by atoms with van der Waals surface area (Å²) in [6.07, 6.45) is 1.23. The van der Waals surface area contributed by atoms with Crippen LogP contribution in [0.4, 0.5) is 0 Å². The molecule has 0 aliphatic carbocycles. The molecule has 0 aromatic carbocycles. The maximum Gasteiger partial charge on any atom is 0.0760 e. The average Bonchev–Trinajstić information content (AvgIpc) is 2.09. The largest absolute Gasteiger partial charge is 0.367 e. The van der Waals surface area contributed by atoms with E-state index in [1.165, 1.54) is 6.42 Å². The number of nitrogens with zero attached hydrogens (tertiary/aromatic N) is 1. The van der Waals surface area contributed by atoms with Gasteiger partial charge in [-0.3, -0.25) is 4.90 Å². The van der Waals surface area contributed by atoms with Gasteiger partial charge >= 0.3 is 0 Å². The molecule has 0 spiro atoms. The molecule has 114 valence electrons. The molecule has 1 fully saturated rings. The van der Waals surface area contributed by atoms with Crippen molar-refractivity contribution in [3.63, 3.8) is 0 Å². The fourth-order valence-electron chi connectivity index (χ4n) is 2.93. The molecule has 0 atom stereocenters. The Labute approximate surface area is 120 Å². The predicted octanol–water partition coefficient (Wildman–Crippen LogP) is 2.90. The van der Waals surface area contributed by atoms with E-state index < -0.39 is 0 Å². The molecule has 1 aliphatic heterocycles. The highest BCUT2D eigenvalue weighted by molar-refractivity contribution is 4.89. The van der Waals surface area contributed by atoms with E-state index in [-0.39, 0.29) is 11.2 Å². The molecule has 0 bridgehead atoms. The Morgan fingerprint density at radius 3 is 2.00 bits per heavy atom. The molecule has 0 amide bonds. The number of nitrogens with one attached hydrogen (secondary N) is 1. The zero-order valence-electron chi connectivity index (χ0n) is 14.1. The lowest BCUT2D eigenvalue weighted by Gasteiger charge is -2.47. The van der Waals surface area contributed by atoms with E-state index >= 15 is 0 Å². The van der Waals surface area contributed by atoms with E-state index in [0.29, 0.717) is 5.41 Å². The molecule has 0 aromatic rings. The minimum absolute atomic E-state index is 0.0346. The van der Waals surface area contributed by atoms with Gasteiger partial charge in [0.1, 0.15) is 0 Å². The van der Waals surface area contributed by atoms with Gasteiger partial charge in [-0.2, -0.15) is 0 Å². The van der Waals surface area contributed by atoms with E-state index in [1.807, 2.05) is 0 Å². The van der Waals surface area contributed by atoms with Gasteiger partial charge < -0.3 is 10.1 Å². The Kier molecular flexibility index (Phi) is 5.44. The summed E-state index contributed by atoms with van der Waals surface area (Å²) in [4.78, 5) is 2.52. The first-order valence-electron chi connectivity index (χ1n) is 7.62. The summed E-state index contributed by atoms with van der Waals surface area (Å²) in [5, 5.41) is 3.56. The summed E-state index contributed by atoms with van der Waals surface area (Å²) in [5.74, 6) is 0. The third kappa shape index (κ3) is 7.28. The van der Waals surface area contributed by atoms with E-state index in [2.05, 4.69) is 58.7 Å². The molecule has 3 heteroatoms. The van der Waals surface area contributed by atoms with E-state index in [1.54, 1.807) is 0 Å². The molecule has 1 N–H and O–H groups in total. The lowest BCUT2D eigenvalue weighted by Crippen LogP contribution is -2.58.